The number of Topliss-reactive ketones (excluding diaryl/α,β-unsaturated/α-hetero) is 1. The third-order valence-electron chi connectivity index (χ3n) is 2.75. The molecule has 1 aromatic carbocycles. The molecule has 0 saturated carbocycles. The van der Waals surface area contributed by atoms with Crippen LogP contribution >= 0.6 is 0 Å². The molecule has 0 radical (unpaired) electrons. The van der Waals surface area contributed by atoms with Gasteiger partial charge < -0.3 is 0 Å². The number of rotatable bonds is 3. The molecule has 2 rings (SSSR count). The van der Waals surface area contributed by atoms with Crippen molar-refractivity contribution in [1.82, 2.24) is 9.78 Å². The van der Waals surface area contributed by atoms with Gasteiger partial charge in [0.05, 0.1) is 5.56 Å². The lowest BCUT2D eigenvalue weighted by molar-refractivity contribution is -0.137. The van der Waals surface area contributed by atoms with E-state index in [0.717, 1.165) is 12.1 Å². The molecule has 3 nitrogen and oxygen atoms in total. The van der Waals surface area contributed by atoms with Crippen molar-refractivity contribution in [3.05, 3.63) is 53.3 Å². The number of benzene rings is 1. The highest BCUT2D eigenvalue weighted by atomic mass is 19.4. The van der Waals surface area contributed by atoms with Gasteiger partial charge in [-0.1, -0.05) is 12.1 Å². The van der Waals surface area contributed by atoms with Crippen LogP contribution in [0.25, 0.3) is 0 Å². The van der Waals surface area contributed by atoms with Crippen LogP contribution < -0.4 is 0 Å². The lowest BCUT2D eigenvalue weighted by Gasteiger charge is -2.07. The van der Waals surface area contributed by atoms with Gasteiger partial charge in [-0.05, 0) is 23.8 Å². The zero-order valence-corrected chi connectivity index (χ0v) is 10.1. The van der Waals surface area contributed by atoms with Crippen LogP contribution in [0.3, 0.4) is 0 Å². The fourth-order valence-corrected chi connectivity index (χ4v) is 1.73. The van der Waals surface area contributed by atoms with Crippen LogP contribution in [0.2, 0.25) is 0 Å². The molecule has 0 aliphatic heterocycles. The van der Waals surface area contributed by atoms with Gasteiger partial charge in [-0.2, -0.15) is 18.3 Å². The Hall–Kier alpha value is -2.11. The Bertz CT molecular complexity index is 585. The van der Waals surface area contributed by atoms with E-state index in [9.17, 15) is 18.0 Å². The number of aryl methyl sites for hydroxylation is 1. The highest BCUT2D eigenvalue weighted by Crippen LogP contribution is 2.29. The van der Waals surface area contributed by atoms with Gasteiger partial charge in [0, 0.05) is 19.7 Å². The molecule has 0 amide bonds. The molecule has 0 saturated heterocycles. The van der Waals surface area contributed by atoms with E-state index in [1.54, 1.807) is 13.1 Å². The minimum Gasteiger partial charge on any atom is -0.292 e. The summed E-state index contributed by atoms with van der Waals surface area (Å²) in [7, 11) is 1.64. The van der Waals surface area contributed by atoms with Crippen LogP contribution in [-0.2, 0) is 19.6 Å². The van der Waals surface area contributed by atoms with Crippen molar-refractivity contribution >= 4 is 5.78 Å². The molecule has 0 bridgehead atoms. The Balaban J connectivity index is 2.12. The lowest BCUT2D eigenvalue weighted by atomic mass is 10.0. The SMILES string of the molecule is Cn1nccc1C(=O)Cc1ccc(C(F)(F)F)cc1. The number of hydrogen-bond donors (Lipinski definition) is 0. The maximum Gasteiger partial charge on any atom is 0.416 e. The first kappa shape index (κ1) is 13.3. The second-order valence-electron chi connectivity index (χ2n) is 4.13. The minimum atomic E-state index is -4.36. The quantitative estimate of drug-likeness (QED) is 0.802. The molecule has 1 aromatic heterocycles. The predicted molar refractivity (Wildman–Crippen MR) is 62.7 cm³/mol. The van der Waals surface area contributed by atoms with Crippen molar-refractivity contribution in [3.63, 3.8) is 0 Å². The van der Waals surface area contributed by atoms with Gasteiger partial charge in [0.15, 0.2) is 5.78 Å². The summed E-state index contributed by atoms with van der Waals surface area (Å²) < 4.78 is 38.6. The molecule has 0 aliphatic carbocycles. The molecule has 6 heteroatoms. The number of aromatic nitrogens is 2. The number of ketones is 1. The van der Waals surface area contributed by atoms with Gasteiger partial charge in [0.1, 0.15) is 5.69 Å². The number of nitrogens with zero attached hydrogens (tertiary/aromatic N) is 2. The standard InChI is InChI=1S/C13H11F3N2O/c1-18-11(6-7-17-18)12(19)8-9-2-4-10(5-3-9)13(14,15)16/h2-7H,8H2,1H3. The number of carbonyl (C=O) groups is 1. The predicted octanol–water partition coefficient (Wildman–Crippen LogP) is 2.86. The molecule has 1 heterocycles. The van der Waals surface area contributed by atoms with E-state index in [0.29, 0.717) is 11.3 Å². The van der Waals surface area contributed by atoms with Crippen molar-refractivity contribution in [2.75, 3.05) is 0 Å². The summed E-state index contributed by atoms with van der Waals surface area (Å²) in [4.78, 5) is 11.9. The average molecular weight is 268 g/mol. The zero-order chi connectivity index (χ0) is 14.0. The van der Waals surface area contributed by atoms with Gasteiger partial charge in [-0.25, -0.2) is 0 Å². The van der Waals surface area contributed by atoms with Crippen molar-refractivity contribution in [3.8, 4) is 0 Å². The van der Waals surface area contributed by atoms with Crippen LogP contribution in [0.4, 0.5) is 13.2 Å². The molecular formula is C13H11F3N2O. The minimum absolute atomic E-state index is 0.0532. The van der Waals surface area contributed by atoms with Crippen LogP contribution in [0.5, 0.6) is 0 Å². The van der Waals surface area contributed by atoms with E-state index < -0.39 is 11.7 Å². The summed E-state index contributed by atoms with van der Waals surface area (Å²) in [6.45, 7) is 0. The first-order chi connectivity index (χ1) is 8.88. The van der Waals surface area contributed by atoms with Crippen molar-refractivity contribution in [2.24, 2.45) is 7.05 Å². The van der Waals surface area contributed by atoms with Gasteiger partial charge >= 0.3 is 6.18 Å². The summed E-state index contributed by atoms with van der Waals surface area (Å²) in [5, 5.41) is 3.87. The number of hydrogen-bond acceptors (Lipinski definition) is 2. The molecule has 0 spiro atoms. The van der Waals surface area contributed by atoms with Crippen LogP contribution in [0.15, 0.2) is 36.5 Å². The molecule has 100 valence electrons. The van der Waals surface area contributed by atoms with E-state index in [1.165, 1.54) is 23.0 Å². The first-order valence-corrected chi connectivity index (χ1v) is 5.55. The third-order valence-corrected chi connectivity index (χ3v) is 2.75. The lowest BCUT2D eigenvalue weighted by Crippen LogP contribution is -2.10. The monoisotopic (exact) mass is 268 g/mol. The molecule has 2 aromatic rings. The number of carbonyl (C=O) groups excluding carboxylic acids is 1. The molecule has 19 heavy (non-hydrogen) atoms. The Morgan fingerprint density at radius 2 is 1.84 bits per heavy atom. The van der Waals surface area contributed by atoms with E-state index in [2.05, 4.69) is 5.10 Å². The highest BCUT2D eigenvalue weighted by molar-refractivity contribution is 5.95. The first-order valence-electron chi connectivity index (χ1n) is 5.55. The normalized spacial score (nSPS) is 11.6. The number of halogens is 3. The van der Waals surface area contributed by atoms with Gasteiger partial charge in [-0.3, -0.25) is 9.48 Å². The fourth-order valence-electron chi connectivity index (χ4n) is 1.73. The zero-order valence-electron chi connectivity index (χ0n) is 10.1. The molecule has 0 fully saturated rings. The molecule has 0 unspecified atom stereocenters. The van der Waals surface area contributed by atoms with Gasteiger partial charge in [0.2, 0.25) is 0 Å². The van der Waals surface area contributed by atoms with Crippen LogP contribution in [0.1, 0.15) is 21.6 Å². The molecule has 0 N–H and O–H groups in total. The second-order valence-corrected chi connectivity index (χ2v) is 4.13. The highest BCUT2D eigenvalue weighted by Gasteiger charge is 2.30. The Kier molecular flexibility index (Phi) is 3.42. The Labute approximate surface area is 107 Å². The van der Waals surface area contributed by atoms with Crippen LogP contribution in [0, 0.1) is 0 Å². The Morgan fingerprint density at radius 1 is 1.21 bits per heavy atom. The largest absolute Gasteiger partial charge is 0.416 e. The molecule has 0 aliphatic rings. The molecule has 0 atom stereocenters. The maximum absolute atomic E-state index is 12.4. The van der Waals surface area contributed by atoms with Gasteiger partial charge in [0.25, 0.3) is 0 Å². The topological polar surface area (TPSA) is 34.9 Å². The fraction of sp³-hybridized carbons (Fsp3) is 0.231. The average Bonchev–Trinajstić information content (AvgIpc) is 2.75. The summed E-state index contributed by atoms with van der Waals surface area (Å²) >= 11 is 0. The maximum atomic E-state index is 12.4. The molecular weight excluding hydrogens is 257 g/mol. The van der Waals surface area contributed by atoms with Crippen molar-refractivity contribution in [1.29, 1.82) is 0 Å². The smallest absolute Gasteiger partial charge is 0.292 e. The van der Waals surface area contributed by atoms with Crippen LogP contribution in [-0.4, -0.2) is 15.6 Å². The van der Waals surface area contributed by atoms with Gasteiger partial charge in [-0.15, -0.1) is 0 Å². The van der Waals surface area contributed by atoms with E-state index >= 15 is 0 Å². The Morgan fingerprint density at radius 3 is 2.32 bits per heavy atom. The summed E-state index contributed by atoms with van der Waals surface area (Å²) in [5.74, 6) is -0.181. The van der Waals surface area contributed by atoms with Crippen molar-refractivity contribution in [2.45, 2.75) is 12.6 Å². The third kappa shape index (κ3) is 3.01. The summed E-state index contributed by atoms with van der Waals surface area (Å²) in [6.07, 6.45) is -2.80. The van der Waals surface area contributed by atoms with E-state index in [-0.39, 0.29) is 12.2 Å². The van der Waals surface area contributed by atoms with E-state index in [4.69, 9.17) is 0 Å². The van der Waals surface area contributed by atoms with E-state index in [1.807, 2.05) is 0 Å². The van der Waals surface area contributed by atoms with Crippen molar-refractivity contribution < 1.29 is 18.0 Å². The summed E-state index contributed by atoms with van der Waals surface area (Å²) in [6, 6.07) is 6.16. The second kappa shape index (κ2) is 4.87. The summed E-state index contributed by atoms with van der Waals surface area (Å²) in [5.41, 5.74) is 0.253. The number of alkyl halides is 3.